The zero-order chi connectivity index (χ0) is 18.7. The molecule has 1 aromatic heterocycles. The number of amides is 1. The van der Waals surface area contributed by atoms with E-state index in [1.807, 2.05) is 24.3 Å². The van der Waals surface area contributed by atoms with Crippen molar-refractivity contribution in [3.05, 3.63) is 41.5 Å². The summed E-state index contributed by atoms with van der Waals surface area (Å²) in [7, 11) is 1.65. The summed E-state index contributed by atoms with van der Waals surface area (Å²) in [6.07, 6.45) is 8.06. The minimum atomic E-state index is -0.430. The first-order valence-electron chi connectivity index (χ1n) is 9.96. The lowest BCUT2D eigenvalue weighted by Crippen LogP contribution is -2.43. The minimum absolute atomic E-state index is 0.105. The molecule has 1 heterocycles. The van der Waals surface area contributed by atoms with E-state index < -0.39 is 5.41 Å². The van der Waals surface area contributed by atoms with Crippen LogP contribution in [0.5, 0.6) is 5.75 Å². The molecule has 2 aliphatic carbocycles. The summed E-state index contributed by atoms with van der Waals surface area (Å²) in [4.78, 5) is 17.6. The van der Waals surface area contributed by atoms with E-state index in [9.17, 15) is 4.79 Å². The van der Waals surface area contributed by atoms with E-state index in [1.165, 1.54) is 6.42 Å². The molecule has 0 bridgehead atoms. The highest BCUT2D eigenvalue weighted by Gasteiger charge is 2.42. The van der Waals surface area contributed by atoms with Gasteiger partial charge in [-0.05, 0) is 43.4 Å². The van der Waals surface area contributed by atoms with Crippen LogP contribution in [-0.4, -0.2) is 29.7 Å². The molecule has 0 aliphatic heterocycles. The predicted octanol–water partition coefficient (Wildman–Crippen LogP) is 3.52. The Kier molecular flexibility index (Phi) is 5.14. The molecule has 27 heavy (non-hydrogen) atoms. The van der Waals surface area contributed by atoms with E-state index in [1.54, 1.807) is 7.11 Å². The van der Waals surface area contributed by atoms with Crippen molar-refractivity contribution in [2.75, 3.05) is 13.7 Å². The van der Waals surface area contributed by atoms with Crippen LogP contribution < -0.4 is 10.1 Å². The number of hydrogen-bond acceptors (Lipinski definition) is 5. The summed E-state index contributed by atoms with van der Waals surface area (Å²) in [6.45, 7) is 0.528. The third-order valence-corrected chi connectivity index (χ3v) is 6.11. The number of aromatic nitrogens is 2. The molecule has 6 heteroatoms. The molecule has 0 spiro atoms. The highest BCUT2D eigenvalue weighted by Crippen LogP contribution is 2.41. The number of nitrogens with zero attached hydrogens (tertiary/aromatic N) is 2. The van der Waals surface area contributed by atoms with E-state index in [-0.39, 0.29) is 5.91 Å². The molecule has 1 N–H and O–H groups in total. The van der Waals surface area contributed by atoms with Gasteiger partial charge in [-0.1, -0.05) is 36.6 Å². The minimum Gasteiger partial charge on any atom is -0.497 e. The van der Waals surface area contributed by atoms with Gasteiger partial charge in [0.2, 0.25) is 11.8 Å². The van der Waals surface area contributed by atoms with Crippen LogP contribution in [0, 0.1) is 0 Å². The van der Waals surface area contributed by atoms with Crippen LogP contribution in [0.25, 0.3) is 0 Å². The number of nitrogens with one attached hydrogen (secondary N) is 1. The van der Waals surface area contributed by atoms with E-state index >= 15 is 0 Å². The third kappa shape index (κ3) is 3.57. The van der Waals surface area contributed by atoms with Gasteiger partial charge in [-0.25, -0.2) is 0 Å². The van der Waals surface area contributed by atoms with Gasteiger partial charge in [-0.2, -0.15) is 4.98 Å². The van der Waals surface area contributed by atoms with Gasteiger partial charge < -0.3 is 14.6 Å². The predicted molar refractivity (Wildman–Crippen MR) is 101 cm³/mol. The van der Waals surface area contributed by atoms with Gasteiger partial charge in [0, 0.05) is 18.9 Å². The molecular formula is C21H27N3O3. The second kappa shape index (κ2) is 7.71. The molecule has 0 atom stereocenters. The Labute approximate surface area is 159 Å². The van der Waals surface area contributed by atoms with Gasteiger partial charge in [0.25, 0.3) is 0 Å². The van der Waals surface area contributed by atoms with Crippen LogP contribution in [0.1, 0.15) is 68.1 Å². The fourth-order valence-corrected chi connectivity index (χ4v) is 4.18. The molecule has 0 saturated heterocycles. The molecule has 6 nitrogen and oxygen atoms in total. The molecule has 144 valence electrons. The normalized spacial score (nSPS) is 18.9. The molecule has 0 radical (unpaired) electrons. The Balaban J connectivity index is 1.38. The van der Waals surface area contributed by atoms with Crippen molar-refractivity contribution in [3.8, 4) is 5.75 Å². The van der Waals surface area contributed by atoms with E-state index in [0.29, 0.717) is 24.7 Å². The molecule has 1 aromatic carbocycles. The van der Waals surface area contributed by atoms with Crippen molar-refractivity contribution < 1.29 is 14.1 Å². The second-order valence-electron chi connectivity index (χ2n) is 7.70. The van der Waals surface area contributed by atoms with Crippen molar-refractivity contribution in [1.82, 2.24) is 15.5 Å². The third-order valence-electron chi connectivity index (χ3n) is 6.11. The number of carbonyl (C=O) groups excluding carboxylic acids is 1. The molecule has 2 fully saturated rings. The van der Waals surface area contributed by atoms with Gasteiger partial charge in [0.15, 0.2) is 5.82 Å². The van der Waals surface area contributed by atoms with Gasteiger partial charge in [-0.15, -0.1) is 0 Å². The number of rotatable bonds is 7. The van der Waals surface area contributed by atoms with Crippen LogP contribution in [0.3, 0.4) is 0 Å². The zero-order valence-corrected chi connectivity index (χ0v) is 15.9. The van der Waals surface area contributed by atoms with Crippen molar-refractivity contribution in [2.45, 2.75) is 62.7 Å². The maximum atomic E-state index is 13.1. The molecule has 2 aliphatic rings. The average molecular weight is 369 g/mol. The first kappa shape index (κ1) is 18.0. The summed E-state index contributed by atoms with van der Waals surface area (Å²) in [5.41, 5.74) is 0.644. The Morgan fingerprint density at radius 2 is 1.96 bits per heavy atom. The lowest BCUT2D eigenvalue weighted by atomic mass is 9.78. The SMILES string of the molecule is COc1ccc(C2(C(=O)NCCc3noc(C4CCC4)n3)CCCC2)cc1. The van der Waals surface area contributed by atoms with Gasteiger partial charge in [0.05, 0.1) is 12.5 Å². The Hall–Kier alpha value is -2.37. The Morgan fingerprint density at radius 3 is 2.59 bits per heavy atom. The monoisotopic (exact) mass is 369 g/mol. The lowest BCUT2D eigenvalue weighted by molar-refractivity contribution is -0.126. The summed E-state index contributed by atoms with van der Waals surface area (Å²) >= 11 is 0. The van der Waals surface area contributed by atoms with Gasteiger partial charge in [-0.3, -0.25) is 4.79 Å². The van der Waals surface area contributed by atoms with Crippen molar-refractivity contribution in [2.24, 2.45) is 0 Å². The Bertz CT molecular complexity index is 774. The number of benzene rings is 1. The first-order valence-corrected chi connectivity index (χ1v) is 9.96. The largest absolute Gasteiger partial charge is 0.497 e. The van der Waals surface area contributed by atoms with Crippen molar-refractivity contribution in [3.63, 3.8) is 0 Å². The smallest absolute Gasteiger partial charge is 0.230 e. The highest BCUT2D eigenvalue weighted by molar-refractivity contribution is 5.88. The van der Waals surface area contributed by atoms with E-state index in [2.05, 4.69) is 15.5 Å². The summed E-state index contributed by atoms with van der Waals surface area (Å²) in [6, 6.07) is 7.91. The number of ether oxygens (including phenoxy) is 1. The molecule has 2 saturated carbocycles. The number of hydrogen-bond donors (Lipinski definition) is 1. The summed E-state index contributed by atoms with van der Waals surface area (Å²) in [5, 5.41) is 7.17. The first-order chi connectivity index (χ1) is 13.2. The fraction of sp³-hybridized carbons (Fsp3) is 0.571. The van der Waals surface area contributed by atoms with Crippen LogP contribution >= 0.6 is 0 Å². The van der Waals surface area contributed by atoms with Crippen LogP contribution in [0.15, 0.2) is 28.8 Å². The highest BCUT2D eigenvalue weighted by atomic mass is 16.5. The van der Waals surface area contributed by atoms with E-state index in [0.717, 1.165) is 55.7 Å². The lowest BCUT2D eigenvalue weighted by Gasteiger charge is -2.28. The molecule has 4 rings (SSSR count). The number of methoxy groups -OCH3 is 1. The number of carbonyl (C=O) groups is 1. The average Bonchev–Trinajstić information content (AvgIpc) is 3.31. The van der Waals surface area contributed by atoms with E-state index in [4.69, 9.17) is 9.26 Å². The van der Waals surface area contributed by atoms with Crippen molar-refractivity contribution in [1.29, 1.82) is 0 Å². The Morgan fingerprint density at radius 1 is 1.22 bits per heavy atom. The van der Waals surface area contributed by atoms with Crippen molar-refractivity contribution >= 4 is 5.91 Å². The maximum absolute atomic E-state index is 13.1. The fourth-order valence-electron chi connectivity index (χ4n) is 4.18. The molecule has 1 amide bonds. The van der Waals surface area contributed by atoms with Crippen LogP contribution in [0.2, 0.25) is 0 Å². The standard InChI is InChI=1S/C21H27N3O3/c1-26-17-9-7-16(8-10-17)21(12-2-3-13-21)20(25)22-14-11-18-23-19(27-24-18)15-5-4-6-15/h7-10,15H,2-6,11-14H2,1H3,(H,22,25). The van der Waals surface area contributed by atoms with Gasteiger partial charge >= 0.3 is 0 Å². The van der Waals surface area contributed by atoms with Crippen LogP contribution in [-0.2, 0) is 16.6 Å². The molecule has 2 aromatic rings. The zero-order valence-electron chi connectivity index (χ0n) is 15.9. The second-order valence-corrected chi connectivity index (χ2v) is 7.70. The quantitative estimate of drug-likeness (QED) is 0.808. The molecular weight excluding hydrogens is 342 g/mol. The summed E-state index contributed by atoms with van der Waals surface area (Å²) < 4.78 is 10.6. The maximum Gasteiger partial charge on any atom is 0.230 e. The van der Waals surface area contributed by atoms with Gasteiger partial charge in [0.1, 0.15) is 5.75 Å². The van der Waals surface area contributed by atoms with Crippen LogP contribution in [0.4, 0.5) is 0 Å². The topological polar surface area (TPSA) is 77.2 Å². The molecule has 0 unspecified atom stereocenters. The summed E-state index contributed by atoms with van der Waals surface area (Å²) in [5.74, 6) is 2.80.